The van der Waals surface area contributed by atoms with E-state index in [1.54, 1.807) is 32.1 Å². The van der Waals surface area contributed by atoms with Crippen molar-refractivity contribution in [2.45, 2.75) is 39.8 Å². The maximum Gasteiger partial charge on any atom is 0.338 e. The normalized spacial score (nSPS) is 15.8. The highest BCUT2D eigenvalue weighted by Crippen LogP contribution is 2.30. The van der Waals surface area contributed by atoms with E-state index < -0.39 is 17.8 Å². The Labute approximate surface area is 200 Å². The number of benzene rings is 2. The molecule has 0 spiro atoms. The number of ether oxygens (including phenoxy) is 2. The highest BCUT2D eigenvalue weighted by Gasteiger charge is 2.33. The molecule has 0 saturated carbocycles. The average molecular weight is 481 g/mol. The summed E-state index contributed by atoms with van der Waals surface area (Å²) in [7, 11) is 0. The highest BCUT2D eigenvalue weighted by atomic mass is 32.1. The van der Waals surface area contributed by atoms with Crippen molar-refractivity contribution in [1.29, 1.82) is 0 Å². The number of rotatable bonds is 6. The number of esters is 1. The molecule has 0 aliphatic carbocycles. The van der Waals surface area contributed by atoms with E-state index in [1.807, 2.05) is 38.1 Å². The molecule has 1 unspecified atom stereocenters. The van der Waals surface area contributed by atoms with Crippen LogP contribution in [-0.4, -0.2) is 23.2 Å². The van der Waals surface area contributed by atoms with Crippen LogP contribution in [-0.2, 0) is 9.53 Å². The van der Waals surface area contributed by atoms with Gasteiger partial charge in [0.15, 0.2) is 4.80 Å². The molecule has 8 heteroatoms. The number of allylic oxidation sites excluding steroid dienone is 1. The van der Waals surface area contributed by atoms with Crippen LogP contribution in [0.5, 0.6) is 5.75 Å². The second kappa shape index (κ2) is 9.77. The van der Waals surface area contributed by atoms with Crippen LogP contribution >= 0.6 is 11.3 Å². The van der Waals surface area contributed by atoms with Gasteiger partial charge in [-0.1, -0.05) is 41.7 Å². The lowest BCUT2D eigenvalue weighted by molar-refractivity contribution is -0.139. The molecular formula is C26H25FN2O4S. The molecule has 34 heavy (non-hydrogen) atoms. The second-order valence-electron chi connectivity index (χ2n) is 8.06. The van der Waals surface area contributed by atoms with Gasteiger partial charge < -0.3 is 9.47 Å². The fourth-order valence-corrected chi connectivity index (χ4v) is 4.89. The molecule has 0 saturated heterocycles. The van der Waals surface area contributed by atoms with Crippen molar-refractivity contribution in [3.63, 3.8) is 0 Å². The third kappa shape index (κ3) is 4.59. The summed E-state index contributed by atoms with van der Waals surface area (Å²) >= 11 is 1.23. The summed E-state index contributed by atoms with van der Waals surface area (Å²) in [5.74, 6) is -0.291. The maximum absolute atomic E-state index is 13.7. The minimum Gasteiger partial charge on any atom is -0.490 e. The molecule has 1 aliphatic rings. The zero-order valence-electron chi connectivity index (χ0n) is 19.4. The Bertz CT molecular complexity index is 1430. The Kier molecular flexibility index (Phi) is 6.79. The number of aromatic nitrogens is 1. The minimum atomic E-state index is -0.778. The van der Waals surface area contributed by atoms with Gasteiger partial charge in [-0.25, -0.2) is 14.2 Å². The van der Waals surface area contributed by atoms with E-state index in [-0.39, 0.29) is 23.8 Å². The van der Waals surface area contributed by atoms with Crippen molar-refractivity contribution in [3.05, 3.63) is 96.4 Å². The molecule has 1 atom stereocenters. The van der Waals surface area contributed by atoms with E-state index in [0.29, 0.717) is 26.3 Å². The van der Waals surface area contributed by atoms with Crippen molar-refractivity contribution < 1.29 is 18.7 Å². The van der Waals surface area contributed by atoms with Crippen LogP contribution in [0.1, 0.15) is 44.9 Å². The van der Waals surface area contributed by atoms with Gasteiger partial charge in [-0.2, -0.15) is 0 Å². The number of para-hydroxylation sites is 1. The van der Waals surface area contributed by atoms with Gasteiger partial charge >= 0.3 is 5.97 Å². The maximum atomic E-state index is 13.7. The summed E-state index contributed by atoms with van der Waals surface area (Å²) in [6.07, 6.45) is 1.75. The minimum absolute atomic E-state index is 0.0240. The van der Waals surface area contributed by atoms with Gasteiger partial charge in [0.05, 0.1) is 34.6 Å². The lowest BCUT2D eigenvalue weighted by atomic mass is 9.96. The number of fused-ring (bicyclic) bond motifs is 1. The molecule has 6 nitrogen and oxygen atoms in total. The van der Waals surface area contributed by atoms with E-state index in [1.165, 1.54) is 28.0 Å². The Hall–Kier alpha value is -3.52. The van der Waals surface area contributed by atoms with Gasteiger partial charge in [0.25, 0.3) is 5.56 Å². The predicted molar refractivity (Wildman–Crippen MR) is 129 cm³/mol. The van der Waals surface area contributed by atoms with E-state index in [0.717, 1.165) is 5.56 Å². The molecule has 1 aliphatic heterocycles. The first-order chi connectivity index (χ1) is 16.3. The third-order valence-electron chi connectivity index (χ3n) is 5.27. The van der Waals surface area contributed by atoms with Crippen LogP contribution in [0.2, 0.25) is 0 Å². The van der Waals surface area contributed by atoms with Gasteiger partial charge in [0.1, 0.15) is 11.6 Å². The van der Waals surface area contributed by atoms with Gasteiger partial charge in [-0.05, 0) is 57.5 Å². The second-order valence-corrected chi connectivity index (χ2v) is 9.07. The van der Waals surface area contributed by atoms with E-state index in [4.69, 9.17) is 9.47 Å². The molecule has 1 aromatic heterocycles. The Morgan fingerprint density at radius 1 is 1.21 bits per heavy atom. The van der Waals surface area contributed by atoms with Crippen LogP contribution in [0, 0.1) is 5.82 Å². The molecule has 0 fully saturated rings. The van der Waals surface area contributed by atoms with Crippen molar-refractivity contribution >= 4 is 23.4 Å². The van der Waals surface area contributed by atoms with Crippen molar-refractivity contribution in [1.82, 2.24) is 4.57 Å². The summed E-state index contributed by atoms with van der Waals surface area (Å²) in [6, 6.07) is 12.5. The number of carbonyl (C=O) groups excluding carboxylic acids is 1. The number of carbonyl (C=O) groups is 1. The molecular weight excluding hydrogens is 455 g/mol. The monoisotopic (exact) mass is 480 g/mol. The molecule has 0 N–H and O–H groups in total. The average Bonchev–Trinajstić information content (AvgIpc) is 3.09. The first-order valence-corrected chi connectivity index (χ1v) is 11.8. The van der Waals surface area contributed by atoms with Crippen molar-refractivity contribution in [3.8, 4) is 5.75 Å². The third-order valence-corrected chi connectivity index (χ3v) is 6.25. The largest absolute Gasteiger partial charge is 0.490 e. The SMILES string of the molecule is CCOC(=O)C1=C(C)N=c2s/c(=C\c3ccccc3OC(C)C)c(=O)n2C1c1ccc(F)cc1. The summed E-state index contributed by atoms with van der Waals surface area (Å²) in [5.41, 5.74) is 1.78. The number of hydrogen-bond acceptors (Lipinski definition) is 6. The zero-order valence-corrected chi connectivity index (χ0v) is 20.2. The molecule has 4 rings (SSSR count). The number of thiazole rings is 1. The fraction of sp³-hybridized carbons (Fsp3) is 0.269. The number of hydrogen-bond donors (Lipinski definition) is 0. The molecule has 176 valence electrons. The molecule has 0 amide bonds. The number of halogens is 1. The Balaban J connectivity index is 1.93. The van der Waals surface area contributed by atoms with E-state index in [2.05, 4.69) is 4.99 Å². The fourth-order valence-electron chi connectivity index (χ4n) is 3.85. The topological polar surface area (TPSA) is 69.9 Å². The summed E-state index contributed by atoms with van der Waals surface area (Å²) in [6.45, 7) is 7.49. The van der Waals surface area contributed by atoms with Crippen LogP contribution in [0.4, 0.5) is 4.39 Å². The van der Waals surface area contributed by atoms with Gasteiger partial charge in [0.2, 0.25) is 0 Å². The van der Waals surface area contributed by atoms with Gasteiger partial charge in [-0.3, -0.25) is 9.36 Å². The summed E-state index contributed by atoms with van der Waals surface area (Å²) in [5, 5.41) is 0. The Morgan fingerprint density at radius 3 is 2.59 bits per heavy atom. The number of nitrogens with zero attached hydrogens (tertiary/aromatic N) is 2. The highest BCUT2D eigenvalue weighted by molar-refractivity contribution is 7.07. The molecule has 3 aromatic rings. The summed E-state index contributed by atoms with van der Waals surface area (Å²) < 4.78 is 26.7. The zero-order chi connectivity index (χ0) is 24.4. The molecule has 0 bridgehead atoms. The van der Waals surface area contributed by atoms with Crippen molar-refractivity contribution in [2.24, 2.45) is 4.99 Å². The smallest absolute Gasteiger partial charge is 0.338 e. The first kappa shape index (κ1) is 23.6. The first-order valence-electron chi connectivity index (χ1n) is 11.0. The quantitative estimate of drug-likeness (QED) is 0.504. The molecule has 0 radical (unpaired) electrons. The lowest BCUT2D eigenvalue weighted by Gasteiger charge is -2.24. The molecule has 2 heterocycles. The Morgan fingerprint density at radius 2 is 1.91 bits per heavy atom. The predicted octanol–water partition coefficient (Wildman–Crippen LogP) is 3.72. The summed E-state index contributed by atoms with van der Waals surface area (Å²) in [4.78, 5) is 31.5. The van der Waals surface area contributed by atoms with Crippen LogP contribution in [0.3, 0.4) is 0 Å². The van der Waals surface area contributed by atoms with E-state index in [9.17, 15) is 14.0 Å². The van der Waals surface area contributed by atoms with Crippen molar-refractivity contribution in [2.75, 3.05) is 6.61 Å². The molecule has 2 aromatic carbocycles. The standard InChI is InChI=1S/C26H25FN2O4S/c1-5-32-25(31)22-16(4)28-26-29(23(22)17-10-12-19(27)13-11-17)24(30)21(34-26)14-18-8-6-7-9-20(18)33-15(2)3/h6-15,23H,5H2,1-4H3/b21-14-. The van der Waals surface area contributed by atoms with Crippen LogP contribution < -0.4 is 19.6 Å². The van der Waals surface area contributed by atoms with Crippen LogP contribution in [0.15, 0.2) is 69.6 Å². The van der Waals surface area contributed by atoms with Gasteiger partial charge in [0, 0.05) is 5.56 Å². The van der Waals surface area contributed by atoms with E-state index >= 15 is 0 Å². The lowest BCUT2D eigenvalue weighted by Crippen LogP contribution is -2.39. The van der Waals surface area contributed by atoms with Gasteiger partial charge in [-0.15, -0.1) is 0 Å². The van der Waals surface area contributed by atoms with Crippen LogP contribution in [0.25, 0.3) is 6.08 Å².